The fourth-order valence-electron chi connectivity index (χ4n) is 3.02. The van der Waals surface area contributed by atoms with E-state index < -0.39 is 0 Å². The molecule has 3 nitrogen and oxygen atoms in total. The summed E-state index contributed by atoms with van der Waals surface area (Å²) in [7, 11) is 0. The predicted molar refractivity (Wildman–Crippen MR) is 89.6 cm³/mol. The summed E-state index contributed by atoms with van der Waals surface area (Å²) in [6.45, 7) is 0. The monoisotopic (exact) mass is 373 g/mol. The Bertz CT molecular complexity index is 608. The third-order valence-electron chi connectivity index (χ3n) is 4.03. The summed E-state index contributed by atoms with van der Waals surface area (Å²) in [5.74, 6) is 1.39. The van der Waals surface area contributed by atoms with Gasteiger partial charge in [-0.1, -0.05) is 0 Å². The highest BCUT2D eigenvalue weighted by Crippen LogP contribution is 2.36. The zero-order valence-electron chi connectivity index (χ0n) is 11.4. The van der Waals surface area contributed by atoms with Crippen molar-refractivity contribution in [2.75, 3.05) is 6.26 Å². The van der Waals surface area contributed by atoms with Gasteiger partial charge in [0.1, 0.15) is 11.3 Å². The van der Waals surface area contributed by atoms with Gasteiger partial charge in [0.2, 0.25) is 0 Å². The van der Waals surface area contributed by atoms with Crippen molar-refractivity contribution in [1.29, 1.82) is 0 Å². The van der Waals surface area contributed by atoms with Gasteiger partial charge in [-0.15, -0.1) is 11.6 Å². The highest BCUT2D eigenvalue weighted by atomic mass is 79.9. The number of rotatable bonds is 3. The summed E-state index contributed by atoms with van der Waals surface area (Å²) < 4.78 is 3.23. The van der Waals surface area contributed by atoms with Crippen molar-refractivity contribution in [3.63, 3.8) is 0 Å². The van der Waals surface area contributed by atoms with Crippen molar-refractivity contribution in [2.45, 2.75) is 42.9 Å². The average Bonchev–Trinajstić information content (AvgIpc) is 2.84. The summed E-state index contributed by atoms with van der Waals surface area (Å²) in [4.78, 5) is 9.19. The molecule has 0 N–H and O–H groups in total. The third-order valence-corrected chi connectivity index (χ3v) is 5.84. The van der Waals surface area contributed by atoms with E-state index in [1.807, 2.05) is 24.0 Å². The molecule has 0 saturated heterocycles. The summed E-state index contributed by atoms with van der Waals surface area (Å²) in [6, 6.07) is 2.51. The maximum Gasteiger partial charge on any atom is 0.160 e. The first kappa shape index (κ1) is 14.7. The lowest BCUT2D eigenvalue weighted by atomic mass is 9.94. The first-order valence-electron chi connectivity index (χ1n) is 6.84. The minimum atomic E-state index is 0.441. The Morgan fingerprint density at radius 3 is 2.80 bits per heavy atom. The largest absolute Gasteiger partial charge is 0.309 e. The number of fused-ring (bicyclic) bond motifs is 1. The normalized spacial score (nSPS) is 23.4. The van der Waals surface area contributed by atoms with Gasteiger partial charge in [-0.2, -0.15) is 11.8 Å². The van der Waals surface area contributed by atoms with Crippen LogP contribution >= 0.6 is 39.3 Å². The molecular formula is C14H17BrClN3S. The lowest BCUT2D eigenvalue weighted by molar-refractivity contribution is 0.360. The molecule has 0 aromatic carbocycles. The second kappa shape index (κ2) is 6.24. The quantitative estimate of drug-likeness (QED) is 0.724. The second-order valence-electron chi connectivity index (χ2n) is 5.19. The number of nitrogens with zero attached hydrogens (tertiary/aromatic N) is 3. The molecular weight excluding hydrogens is 358 g/mol. The Morgan fingerprint density at radius 2 is 2.15 bits per heavy atom. The molecule has 0 unspecified atom stereocenters. The Kier molecular flexibility index (Phi) is 4.58. The van der Waals surface area contributed by atoms with E-state index in [4.69, 9.17) is 11.6 Å². The topological polar surface area (TPSA) is 30.7 Å². The molecule has 0 spiro atoms. The molecule has 0 amide bonds. The number of hydrogen-bond acceptors (Lipinski definition) is 3. The van der Waals surface area contributed by atoms with Gasteiger partial charge in [0.15, 0.2) is 5.65 Å². The number of alkyl halides is 1. The predicted octanol–water partition coefficient (Wildman–Crippen LogP) is 4.78. The number of aromatic nitrogens is 3. The molecule has 0 bridgehead atoms. The van der Waals surface area contributed by atoms with Crippen LogP contribution in [0.1, 0.15) is 37.5 Å². The molecule has 2 aromatic rings. The van der Waals surface area contributed by atoms with Crippen molar-refractivity contribution in [1.82, 2.24) is 14.5 Å². The smallest absolute Gasteiger partial charge is 0.160 e. The van der Waals surface area contributed by atoms with Gasteiger partial charge in [0.25, 0.3) is 0 Å². The fraction of sp³-hybridized carbons (Fsp3) is 0.571. The molecule has 2 aromatic heterocycles. The lowest BCUT2D eigenvalue weighted by Gasteiger charge is -2.29. The molecule has 20 heavy (non-hydrogen) atoms. The van der Waals surface area contributed by atoms with Gasteiger partial charge in [0, 0.05) is 22.0 Å². The van der Waals surface area contributed by atoms with Crippen LogP contribution in [0, 0.1) is 0 Å². The second-order valence-corrected chi connectivity index (χ2v) is 7.52. The number of thioether (sulfide) groups is 1. The van der Waals surface area contributed by atoms with Gasteiger partial charge in [-0.3, -0.25) is 0 Å². The molecule has 3 rings (SSSR count). The SMILES string of the molecule is CSC1CCC(n2c(CCl)nc3cc(Br)cnc32)CC1. The summed E-state index contributed by atoms with van der Waals surface area (Å²) in [6.07, 6.45) is 8.97. The minimum absolute atomic E-state index is 0.441. The molecule has 0 radical (unpaired) electrons. The van der Waals surface area contributed by atoms with E-state index in [1.165, 1.54) is 25.7 Å². The fourth-order valence-corrected chi connectivity index (χ4v) is 4.27. The molecule has 0 atom stereocenters. The van der Waals surface area contributed by atoms with E-state index >= 15 is 0 Å². The first-order chi connectivity index (χ1) is 9.72. The zero-order chi connectivity index (χ0) is 14.1. The van der Waals surface area contributed by atoms with Crippen LogP contribution in [-0.2, 0) is 5.88 Å². The maximum atomic E-state index is 6.09. The van der Waals surface area contributed by atoms with Crippen LogP contribution in [0.3, 0.4) is 0 Å². The average molecular weight is 375 g/mol. The van der Waals surface area contributed by atoms with Crippen LogP contribution < -0.4 is 0 Å². The molecule has 1 aliphatic rings. The molecule has 6 heteroatoms. The Morgan fingerprint density at radius 1 is 1.40 bits per heavy atom. The number of pyridine rings is 1. The van der Waals surface area contributed by atoms with Gasteiger partial charge >= 0.3 is 0 Å². The van der Waals surface area contributed by atoms with Crippen molar-refractivity contribution in [3.05, 3.63) is 22.6 Å². The van der Waals surface area contributed by atoms with E-state index in [1.54, 1.807) is 0 Å². The molecule has 108 valence electrons. The Labute approximate surface area is 136 Å². The van der Waals surface area contributed by atoms with E-state index in [-0.39, 0.29) is 0 Å². The number of halogens is 2. The van der Waals surface area contributed by atoms with Crippen LogP contribution in [0.15, 0.2) is 16.7 Å². The van der Waals surface area contributed by atoms with E-state index in [2.05, 4.69) is 36.7 Å². The number of imidazole rings is 1. The Balaban J connectivity index is 1.97. The van der Waals surface area contributed by atoms with Crippen LogP contribution in [0.25, 0.3) is 11.2 Å². The zero-order valence-corrected chi connectivity index (χ0v) is 14.5. The van der Waals surface area contributed by atoms with Gasteiger partial charge in [0.05, 0.1) is 5.88 Å². The van der Waals surface area contributed by atoms with Crippen LogP contribution in [0.2, 0.25) is 0 Å². The van der Waals surface area contributed by atoms with E-state index in [0.29, 0.717) is 11.9 Å². The van der Waals surface area contributed by atoms with Crippen molar-refractivity contribution >= 4 is 50.5 Å². The molecule has 1 fully saturated rings. The Hall–Kier alpha value is -0.260. The van der Waals surface area contributed by atoms with Crippen LogP contribution in [-0.4, -0.2) is 26.0 Å². The van der Waals surface area contributed by atoms with Gasteiger partial charge in [-0.05, 0) is 53.9 Å². The molecule has 2 heterocycles. The summed E-state index contributed by atoms with van der Waals surface area (Å²) in [5, 5.41) is 0.808. The highest BCUT2D eigenvalue weighted by molar-refractivity contribution is 9.10. The van der Waals surface area contributed by atoms with Crippen molar-refractivity contribution in [2.24, 2.45) is 0 Å². The van der Waals surface area contributed by atoms with Gasteiger partial charge in [-0.25, -0.2) is 9.97 Å². The summed E-state index contributed by atoms with van der Waals surface area (Å²) >= 11 is 11.5. The van der Waals surface area contributed by atoms with E-state index in [0.717, 1.165) is 26.7 Å². The third kappa shape index (κ3) is 2.72. The standard InChI is InChI=1S/C14H17BrClN3S/c1-20-11-4-2-10(3-5-11)19-13(7-16)18-12-6-9(15)8-17-14(12)19/h6,8,10-11H,2-5,7H2,1H3. The summed E-state index contributed by atoms with van der Waals surface area (Å²) in [5.41, 5.74) is 1.90. The first-order valence-corrected chi connectivity index (χ1v) is 9.45. The maximum absolute atomic E-state index is 6.09. The van der Waals surface area contributed by atoms with Gasteiger partial charge < -0.3 is 4.57 Å². The van der Waals surface area contributed by atoms with Crippen LogP contribution in [0.5, 0.6) is 0 Å². The van der Waals surface area contributed by atoms with Crippen molar-refractivity contribution < 1.29 is 0 Å². The molecule has 1 aliphatic carbocycles. The molecule has 1 saturated carbocycles. The van der Waals surface area contributed by atoms with Crippen molar-refractivity contribution in [3.8, 4) is 0 Å². The number of hydrogen-bond donors (Lipinski definition) is 0. The lowest BCUT2D eigenvalue weighted by Crippen LogP contribution is -2.20. The highest BCUT2D eigenvalue weighted by Gasteiger charge is 2.25. The van der Waals surface area contributed by atoms with Crippen LogP contribution in [0.4, 0.5) is 0 Å². The molecule has 0 aliphatic heterocycles. The van der Waals surface area contributed by atoms with E-state index in [9.17, 15) is 0 Å². The minimum Gasteiger partial charge on any atom is -0.309 e.